The number of nitrogens with zero attached hydrogens (tertiary/aromatic N) is 3. The van der Waals surface area contributed by atoms with Gasteiger partial charge in [0.15, 0.2) is 0 Å². The molecular formula is C22H31N3O3. The van der Waals surface area contributed by atoms with Gasteiger partial charge >= 0.3 is 0 Å². The lowest BCUT2D eigenvalue weighted by Gasteiger charge is -2.30. The van der Waals surface area contributed by atoms with Gasteiger partial charge in [-0.3, -0.25) is 9.69 Å². The summed E-state index contributed by atoms with van der Waals surface area (Å²) in [6.45, 7) is 11.4. The molecule has 1 amide bonds. The number of rotatable bonds is 6. The number of carbonyl (C=O) groups is 1. The second-order valence-corrected chi connectivity index (χ2v) is 8.11. The zero-order chi connectivity index (χ0) is 19.7. The van der Waals surface area contributed by atoms with Crippen LogP contribution >= 0.6 is 0 Å². The third-order valence-corrected chi connectivity index (χ3v) is 6.01. The van der Waals surface area contributed by atoms with Crippen molar-refractivity contribution in [2.75, 3.05) is 32.8 Å². The molecule has 0 saturated carbocycles. The average Bonchev–Trinajstić information content (AvgIpc) is 3.32. The van der Waals surface area contributed by atoms with Crippen molar-refractivity contribution in [1.82, 2.24) is 14.4 Å². The van der Waals surface area contributed by atoms with E-state index in [4.69, 9.17) is 9.47 Å². The molecule has 6 nitrogen and oxygen atoms in total. The molecule has 0 radical (unpaired) electrons. The standard InChI is InChI=1S/C22H31N3O3/c1-4-25-20-6-5-18(28-19-7-8-24(13-19)16(2)3)11-17(20)12-21(25)22-14-23(15-26)9-10-27-22/h5-6,11-12,15-16,19,22H,4,7-10,13-14H2,1-3H3. The molecule has 1 aromatic carbocycles. The third kappa shape index (κ3) is 3.76. The van der Waals surface area contributed by atoms with Crippen molar-refractivity contribution in [3.05, 3.63) is 30.0 Å². The van der Waals surface area contributed by atoms with Crippen molar-refractivity contribution >= 4 is 17.3 Å². The van der Waals surface area contributed by atoms with Crippen molar-refractivity contribution in [2.45, 2.75) is 52.0 Å². The molecule has 2 aromatic rings. The summed E-state index contributed by atoms with van der Waals surface area (Å²) in [5, 5.41) is 1.17. The maximum Gasteiger partial charge on any atom is 0.209 e. The Bertz CT molecular complexity index is 832. The third-order valence-electron chi connectivity index (χ3n) is 6.01. The summed E-state index contributed by atoms with van der Waals surface area (Å²) in [6.07, 6.45) is 2.18. The normalized spacial score (nSPS) is 23.6. The predicted octanol–water partition coefficient (Wildman–Crippen LogP) is 3.05. The summed E-state index contributed by atoms with van der Waals surface area (Å²) >= 11 is 0. The summed E-state index contributed by atoms with van der Waals surface area (Å²) < 4.78 is 14.6. The molecule has 0 bridgehead atoms. The first-order chi connectivity index (χ1) is 13.6. The first-order valence-electron chi connectivity index (χ1n) is 10.4. The van der Waals surface area contributed by atoms with Crippen LogP contribution in [0.25, 0.3) is 10.9 Å². The van der Waals surface area contributed by atoms with Gasteiger partial charge in [0, 0.05) is 48.8 Å². The molecule has 2 unspecified atom stereocenters. The minimum absolute atomic E-state index is 0.0786. The van der Waals surface area contributed by atoms with Gasteiger partial charge in [-0.2, -0.15) is 0 Å². The predicted molar refractivity (Wildman–Crippen MR) is 110 cm³/mol. The number of carbonyl (C=O) groups excluding carboxylic acids is 1. The van der Waals surface area contributed by atoms with E-state index >= 15 is 0 Å². The minimum Gasteiger partial charge on any atom is -0.489 e. The lowest BCUT2D eigenvalue weighted by molar-refractivity contribution is -0.125. The minimum atomic E-state index is -0.0786. The highest BCUT2D eigenvalue weighted by Gasteiger charge is 2.27. The van der Waals surface area contributed by atoms with Gasteiger partial charge in [0.25, 0.3) is 0 Å². The van der Waals surface area contributed by atoms with Crippen molar-refractivity contribution in [1.29, 1.82) is 0 Å². The molecule has 3 heterocycles. The van der Waals surface area contributed by atoms with Crippen LogP contribution in [0.1, 0.15) is 39.0 Å². The van der Waals surface area contributed by atoms with E-state index < -0.39 is 0 Å². The highest BCUT2D eigenvalue weighted by atomic mass is 16.5. The Kier molecular flexibility index (Phi) is 5.60. The molecular weight excluding hydrogens is 354 g/mol. The molecule has 2 saturated heterocycles. The number of ether oxygens (including phenoxy) is 2. The molecule has 2 aliphatic rings. The average molecular weight is 386 g/mol. The number of likely N-dealkylation sites (tertiary alicyclic amines) is 1. The largest absolute Gasteiger partial charge is 0.489 e. The topological polar surface area (TPSA) is 46.9 Å². The van der Waals surface area contributed by atoms with Gasteiger partial charge < -0.3 is 18.9 Å². The lowest BCUT2D eigenvalue weighted by Crippen LogP contribution is -2.37. The first-order valence-corrected chi connectivity index (χ1v) is 10.4. The van der Waals surface area contributed by atoms with Crippen LogP contribution in [-0.2, 0) is 16.1 Å². The number of hydrogen-bond acceptors (Lipinski definition) is 4. The Hall–Kier alpha value is -2.05. The maximum absolute atomic E-state index is 11.2. The van der Waals surface area contributed by atoms with E-state index in [0.717, 1.165) is 43.9 Å². The van der Waals surface area contributed by atoms with Crippen LogP contribution in [0.3, 0.4) is 0 Å². The van der Waals surface area contributed by atoms with Gasteiger partial charge in [0.05, 0.1) is 13.2 Å². The Labute approximate surface area is 167 Å². The quantitative estimate of drug-likeness (QED) is 0.717. The Balaban J connectivity index is 1.55. The SMILES string of the molecule is CCn1c(C2CN(C=O)CCO2)cc2cc(OC3CCN(C(C)C)C3)ccc21. The Morgan fingerprint density at radius 2 is 2.11 bits per heavy atom. The fourth-order valence-corrected chi connectivity index (χ4v) is 4.42. The fourth-order valence-electron chi connectivity index (χ4n) is 4.42. The van der Waals surface area contributed by atoms with Crippen LogP contribution in [-0.4, -0.2) is 65.7 Å². The van der Waals surface area contributed by atoms with Gasteiger partial charge in [0.1, 0.15) is 18.0 Å². The van der Waals surface area contributed by atoms with Crippen LogP contribution in [0.2, 0.25) is 0 Å². The second kappa shape index (κ2) is 8.13. The van der Waals surface area contributed by atoms with E-state index in [2.05, 4.69) is 54.5 Å². The molecule has 28 heavy (non-hydrogen) atoms. The van der Waals surface area contributed by atoms with Gasteiger partial charge in [-0.05, 0) is 51.5 Å². The van der Waals surface area contributed by atoms with Crippen LogP contribution < -0.4 is 4.74 Å². The molecule has 2 aliphatic heterocycles. The summed E-state index contributed by atoms with van der Waals surface area (Å²) in [7, 11) is 0. The molecule has 2 fully saturated rings. The second-order valence-electron chi connectivity index (χ2n) is 8.11. The van der Waals surface area contributed by atoms with Gasteiger partial charge in [-0.15, -0.1) is 0 Å². The Morgan fingerprint density at radius 1 is 1.25 bits per heavy atom. The van der Waals surface area contributed by atoms with E-state index in [1.165, 1.54) is 10.9 Å². The molecule has 4 rings (SSSR count). The zero-order valence-corrected chi connectivity index (χ0v) is 17.1. The zero-order valence-electron chi connectivity index (χ0n) is 17.1. The molecule has 0 aliphatic carbocycles. The summed E-state index contributed by atoms with van der Waals surface area (Å²) in [5.74, 6) is 0.932. The maximum atomic E-state index is 11.2. The van der Waals surface area contributed by atoms with Crippen LogP contribution in [0.15, 0.2) is 24.3 Å². The van der Waals surface area contributed by atoms with Crippen LogP contribution in [0.4, 0.5) is 0 Å². The molecule has 0 spiro atoms. The fraction of sp³-hybridized carbons (Fsp3) is 0.591. The molecule has 6 heteroatoms. The first kappa shape index (κ1) is 19.3. The smallest absolute Gasteiger partial charge is 0.209 e. The van der Waals surface area contributed by atoms with Gasteiger partial charge in [-0.25, -0.2) is 0 Å². The van der Waals surface area contributed by atoms with Crippen LogP contribution in [0, 0.1) is 0 Å². The number of benzene rings is 1. The Morgan fingerprint density at radius 3 is 2.82 bits per heavy atom. The van der Waals surface area contributed by atoms with Crippen molar-refractivity contribution < 1.29 is 14.3 Å². The summed E-state index contributed by atoms with van der Waals surface area (Å²) in [5.41, 5.74) is 2.32. The highest BCUT2D eigenvalue weighted by molar-refractivity contribution is 5.83. The van der Waals surface area contributed by atoms with Gasteiger partial charge in [-0.1, -0.05) is 0 Å². The highest BCUT2D eigenvalue weighted by Crippen LogP contribution is 2.31. The van der Waals surface area contributed by atoms with E-state index in [9.17, 15) is 4.79 Å². The lowest BCUT2D eigenvalue weighted by atomic mass is 10.2. The van der Waals surface area contributed by atoms with Crippen molar-refractivity contribution in [3.63, 3.8) is 0 Å². The number of amides is 1. The van der Waals surface area contributed by atoms with E-state index in [0.29, 0.717) is 25.7 Å². The summed E-state index contributed by atoms with van der Waals surface area (Å²) in [6, 6.07) is 9.13. The number of fused-ring (bicyclic) bond motifs is 1. The number of aryl methyl sites for hydroxylation is 1. The molecule has 2 atom stereocenters. The van der Waals surface area contributed by atoms with Crippen molar-refractivity contribution in [2.24, 2.45) is 0 Å². The monoisotopic (exact) mass is 385 g/mol. The number of hydrogen-bond donors (Lipinski definition) is 0. The van der Waals surface area contributed by atoms with E-state index in [1.54, 1.807) is 4.90 Å². The van der Waals surface area contributed by atoms with E-state index in [-0.39, 0.29) is 12.2 Å². The molecule has 152 valence electrons. The number of aromatic nitrogens is 1. The summed E-state index contributed by atoms with van der Waals surface area (Å²) in [4.78, 5) is 15.4. The number of morpholine rings is 1. The van der Waals surface area contributed by atoms with E-state index in [1.807, 2.05) is 0 Å². The molecule has 0 N–H and O–H groups in total. The van der Waals surface area contributed by atoms with Crippen LogP contribution in [0.5, 0.6) is 5.75 Å². The molecule has 1 aromatic heterocycles. The van der Waals surface area contributed by atoms with Crippen molar-refractivity contribution in [3.8, 4) is 5.75 Å². The van der Waals surface area contributed by atoms with Gasteiger partial charge in [0.2, 0.25) is 6.41 Å².